The normalized spacial score (nSPS) is 10.9. The topological polar surface area (TPSA) is 478 Å². The summed E-state index contributed by atoms with van der Waals surface area (Å²) in [5.74, 6) is 5.33. The van der Waals surface area contributed by atoms with E-state index in [-0.39, 0.29) is 77.5 Å². The number of halogens is 2. The van der Waals surface area contributed by atoms with Crippen molar-refractivity contribution in [1.29, 1.82) is 0 Å². The average Bonchev–Trinajstić information content (AvgIpc) is 1.62. The summed E-state index contributed by atoms with van der Waals surface area (Å²) in [7, 11) is 0. The van der Waals surface area contributed by atoms with Gasteiger partial charge in [0.05, 0.1) is 13.7 Å². The van der Waals surface area contributed by atoms with Gasteiger partial charge in [0.25, 0.3) is 22.2 Å². The molecule has 4 aromatic carbocycles. The first-order valence-electron chi connectivity index (χ1n) is 30.8. The van der Waals surface area contributed by atoms with Crippen molar-refractivity contribution in [2.24, 2.45) is 0 Å². The third-order valence-electron chi connectivity index (χ3n) is 14.4. The van der Waals surface area contributed by atoms with E-state index >= 15 is 0 Å². The van der Waals surface area contributed by atoms with Crippen LogP contribution in [0.2, 0.25) is 0 Å². The second-order valence-electron chi connectivity index (χ2n) is 21.5. The molecule has 104 heavy (non-hydrogen) atoms. The number of aromatic nitrogens is 8. The van der Waals surface area contributed by atoms with Gasteiger partial charge in [-0.1, -0.05) is 122 Å². The highest BCUT2D eigenvalue weighted by Crippen LogP contribution is 2.45. The highest BCUT2D eigenvalue weighted by Gasteiger charge is 2.31. The number of esters is 1. The third kappa shape index (κ3) is 24.3. The zero-order valence-corrected chi connectivity index (χ0v) is 59.5. The van der Waals surface area contributed by atoms with Crippen LogP contribution in [0.1, 0.15) is 59.1 Å². The van der Waals surface area contributed by atoms with Crippen molar-refractivity contribution in [3.05, 3.63) is 258 Å². The molecule has 8 aromatic rings. The Balaban J connectivity index is 0.000000225. The van der Waals surface area contributed by atoms with E-state index in [0.29, 0.717) is 16.7 Å². The minimum Gasteiger partial charge on any atom is -0.480 e. The van der Waals surface area contributed by atoms with Gasteiger partial charge in [-0.3, -0.25) is 76.8 Å². The quantitative estimate of drug-likeness (QED) is 0.0116. The number of aromatic amines is 5. The molecule has 2 aliphatic carbocycles. The first kappa shape index (κ1) is 80.7. The molecule has 35 heteroatoms. The highest BCUT2D eigenvalue weighted by atomic mass is 127. The third-order valence-corrected chi connectivity index (χ3v) is 16.0. The van der Waals surface area contributed by atoms with E-state index in [9.17, 15) is 77.0 Å². The minimum atomic E-state index is -1.27. The molecule has 0 fully saturated rings. The molecule has 0 saturated carbocycles. The predicted molar refractivity (Wildman–Crippen MR) is 392 cm³/mol. The number of carbonyl (C=O) groups is 7. The fourth-order valence-electron chi connectivity index (χ4n) is 9.93. The SMILES string of the molecule is C=CCOC(=O)CNCCNC(=O)OCC1c2ccccc2-c2ccccc21.CC#Cc1cn(CC(=O)N(CCNC(=O)OCC2c3ccccc3-c3ccccc32)CC(=O)O)c(=O)[nH]c1=O.CC#Cc1cn(CC(=O)O)c(=O)[nH]c1=O.O=C(O)Cn1cc(I)c(=O)[nH]c1=O.O=c1[nH]cc(I)c(=O)[nH]1. The van der Waals surface area contributed by atoms with Crippen LogP contribution in [0.15, 0.2) is 173 Å². The van der Waals surface area contributed by atoms with Crippen LogP contribution in [0.25, 0.3) is 22.3 Å². The lowest BCUT2D eigenvalue weighted by Crippen LogP contribution is -2.44. The number of nitrogens with one attached hydrogen (secondary N) is 8. The van der Waals surface area contributed by atoms with Gasteiger partial charge < -0.3 is 55.4 Å². The molecule has 0 bridgehead atoms. The van der Waals surface area contributed by atoms with E-state index in [1.807, 2.05) is 105 Å². The molecule has 33 nitrogen and oxygen atoms in total. The first-order chi connectivity index (χ1) is 49.7. The number of amides is 3. The van der Waals surface area contributed by atoms with E-state index in [0.717, 1.165) is 53.2 Å². The molecule has 4 heterocycles. The Kier molecular flexibility index (Phi) is 31.3. The van der Waals surface area contributed by atoms with Gasteiger partial charge in [-0.15, -0.1) is 11.8 Å². The van der Waals surface area contributed by atoms with Crippen LogP contribution in [-0.4, -0.2) is 160 Å². The maximum Gasteiger partial charge on any atom is 0.407 e. The Morgan fingerprint density at radius 1 is 0.538 bits per heavy atom. The fraction of sp³-hybridized carbons (Fsp3) is 0.232. The van der Waals surface area contributed by atoms with Crippen molar-refractivity contribution < 1.29 is 63.1 Å². The van der Waals surface area contributed by atoms with Gasteiger partial charge in [0.1, 0.15) is 57.1 Å². The van der Waals surface area contributed by atoms with E-state index in [4.69, 9.17) is 24.4 Å². The molecular formula is C69H66I2N12O21. The van der Waals surface area contributed by atoms with Crippen molar-refractivity contribution in [3.8, 4) is 45.9 Å². The largest absolute Gasteiger partial charge is 0.480 e. The highest BCUT2D eigenvalue weighted by molar-refractivity contribution is 14.1. The Bertz CT molecular complexity index is 5050. The zero-order valence-electron chi connectivity index (χ0n) is 55.2. The zero-order chi connectivity index (χ0) is 76.0. The van der Waals surface area contributed by atoms with Gasteiger partial charge >= 0.3 is 58.8 Å². The minimum absolute atomic E-state index is 0.00777. The average molecular weight is 1650 g/mol. The monoisotopic (exact) mass is 1650 g/mol. The fourth-order valence-corrected chi connectivity index (χ4v) is 10.7. The summed E-state index contributed by atoms with van der Waals surface area (Å²) in [4.78, 5) is 181. The van der Waals surface area contributed by atoms with Crippen molar-refractivity contribution in [3.63, 3.8) is 0 Å². The molecule has 0 aliphatic heterocycles. The number of hydrogen-bond acceptors (Lipinski definition) is 19. The Hall–Kier alpha value is -12.2. The molecule has 10 rings (SSSR count). The van der Waals surface area contributed by atoms with Crippen LogP contribution >= 0.6 is 45.2 Å². The number of nitrogens with zero attached hydrogens (tertiary/aromatic N) is 4. The lowest BCUT2D eigenvalue weighted by molar-refractivity contribution is -0.144. The lowest BCUT2D eigenvalue weighted by atomic mass is 9.98. The van der Waals surface area contributed by atoms with Crippen molar-refractivity contribution in [1.82, 2.24) is 59.5 Å². The molecule has 0 saturated heterocycles. The molecule has 0 atom stereocenters. The Labute approximate surface area is 614 Å². The van der Waals surface area contributed by atoms with Crippen LogP contribution in [0, 0.1) is 30.8 Å². The smallest absolute Gasteiger partial charge is 0.407 e. The maximum absolute atomic E-state index is 12.8. The molecule has 11 N–H and O–H groups in total. The number of rotatable bonds is 22. The first-order valence-corrected chi connectivity index (χ1v) is 33.0. The number of ether oxygens (including phenoxy) is 3. The van der Waals surface area contributed by atoms with Crippen LogP contribution in [-0.2, 0) is 57.8 Å². The molecular weight excluding hydrogens is 1590 g/mol. The summed E-state index contributed by atoms with van der Waals surface area (Å²) < 4.78 is 19.2. The second-order valence-corrected chi connectivity index (χ2v) is 23.9. The van der Waals surface area contributed by atoms with Crippen LogP contribution in [0.5, 0.6) is 0 Å². The van der Waals surface area contributed by atoms with Crippen molar-refractivity contribution in [2.75, 3.05) is 59.1 Å². The Morgan fingerprint density at radius 2 is 0.952 bits per heavy atom. The van der Waals surface area contributed by atoms with Gasteiger partial charge in [-0.2, -0.15) is 0 Å². The number of fused-ring (bicyclic) bond motifs is 6. The number of H-pyrrole nitrogens is 5. The number of alkyl carbamates (subject to hydrolysis) is 2. The number of carboxylic acids is 3. The van der Waals surface area contributed by atoms with E-state index in [1.165, 1.54) is 54.6 Å². The summed E-state index contributed by atoms with van der Waals surface area (Å²) in [5, 5.41) is 34.2. The number of aliphatic carboxylic acids is 3. The molecule has 542 valence electrons. The van der Waals surface area contributed by atoms with Crippen molar-refractivity contribution >= 4 is 87.2 Å². The number of carbonyl (C=O) groups excluding carboxylic acids is 4. The van der Waals surface area contributed by atoms with Crippen molar-refractivity contribution in [2.45, 2.75) is 45.3 Å². The van der Waals surface area contributed by atoms with Gasteiger partial charge in [-0.25, -0.2) is 28.8 Å². The Morgan fingerprint density at radius 3 is 1.37 bits per heavy atom. The summed E-state index contributed by atoms with van der Waals surface area (Å²) >= 11 is 3.54. The molecule has 0 unspecified atom stereocenters. The van der Waals surface area contributed by atoms with Crippen LogP contribution < -0.4 is 60.9 Å². The molecule has 4 aromatic heterocycles. The molecule has 3 amide bonds. The van der Waals surface area contributed by atoms with Crippen LogP contribution in [0.4, 0.5) is 9.59 Å². The summed E-state index contributed by atoms with van der Waals surface area (Å²) in [6.45, 7) is 5.62. The predicted octanol–water partition coefficient (Wildman–Crippen LogP) is 2.09. The summed E-state index contributed by atoms with van der Waals surface area (Å²) in [6.07, 6.45) is 5.17. The number of carboxylic acid groups (broad SMARTS) is 3. The molecule has 0 spiro atoms. The summed E-state index contributed by atoms with van der Waals surface area (Å²) in [5.41, 5.74) is 4.19. The lowest BCUT2D eigenvalue weighted by Gasteiger charge is -2.21. The molecule has 0 radical (unpaired) electrons. The van der Waals surface area contributed by atoms with E-state index < -0.39 is 102 Å². The van der Waals surface area contributed by atoms with Crippen LogP contribution in [0.3, 0.4) is 0 Å². The van der Waals surface area contributed by atoms with Gasteiger partial charge in [0, 0.05) is 62.8 Å². The molecule has 2 aliphatic rings. The summed E-state index contributed by atoms with van der Waals surface area (Å²) in [6, 6.07) is 32.3. The van der Waals surface area contributed by atoms with Gasteiger partial charge in [0.2, 0.25) is 5.91 Å². The van der Waals surface area contributed by atoms with Gasteiger partial charge in [0.15, 0.2) is 0 Å². The maximum atomic E-state index is 12.8. The van der Waals surface area contributed by atoms with E-state index in [1.54, 1.807) is 22.6 Å². The second kappa shape index (κ2) is 40.3. The van der Waals surface area contributed by atoms with Gasteiger partial charge in [-0.05, 0) is 104 Å². The number of hydrogen-bond donors (Lipinski definition) is 11. The number of benzene rings is 4. The standard InChI is InChI=1S/C28H26N4O7.C22H24N2O4.C9H8N2O4.C6H5IN2O4.C4H3IN2O2/c1-2-7-18-14-32(27(37)30-26(18)36)15-24(33)31(16-25(34)35)13-12-29-28(38)39-17-23-21-10-5-3-8-19(21)20-9-4-6-11-22(20)23;1-2-13-27-21(25)14-23-11-12-24-22(26)28-15-20-18-9-5-3-7-16(18)17-8-4-6-10-19(17)20;1-2-3-6-4-11(5-7(12)13)9(15)10-8(6)14;7-3-1-9(2-4(10)11)6(13)8-5(3)12;5-2-1-6-4(9)7-3(2)8/h3-6,8-11,14,23H,12-13,15-17H2,1H3,(H,29,38)(H,34,35)(H,30,36,37);2-10,20,23H,1,11-15H2,(H,24,26);4H,5H2,1H3,(H,12,13)(H,10,14,15);1H,2H2,(H,10,11)(H,8,12,13);1H,(H2,6,7,8,9). The van der Waals surface area contributed by atoms with E-state index in [2.05, 4.69) is 85.4 Å².